The highest BCUT2D eigenvalue weighted by atomic mass is 16.5. The van der Waals surface area contributed by atoms with Crippen molar-refractivity contribution in [2.24, 2.45) is 0 Å². The molecule has 1 aliphatic heterocycles. The molecule has 28 heavy (non-hydrogen) atoms. The van der Waals surface area contributed by atoms with Crippen LogP contribution in [0.1, 0.15) is 18.4 Å². The molecule has 0 aromatic heterocycles. The van der Waals surface area contributed by atoms with Crippen LogP contribution in [0.2, 0.25) is 0 Å². The van der Waals surface area contributed by atoms with Crippen LogP contribution in [-0.4, -0.2) is 43.1 Å². The molecule has 6 heteroatoms. The fourth-order valence-electron chi connectivity index (χ4n) is 3.12. The molecule has 3 amide bonds. The number of carbonyl (C=O) groups excluding carboxylic acids is 2. The number of benzene rings is 2. The molecule has 0 bridgehead atoms. The number of likely N-dealkylation sites (tertiary alicyclic amines) is 1. The maximum atomic E-state index is 12.3. The lowest BCUT2D eigenvalue weighted by atomic mass is 10.1. The number of nitrogens with zero attached hydrogens (tertiary/aromatic N) is 1. The van der Waals surface area contributed by atoms with Crippen molar-refractivity contribution in [2.75, 3.05) is 25.5 Å². The highest BCUT2D eigenvalue weighted by Gasteiger charge is 2.23. The number of piperidine rings is 1. The van der Waals surface area contributed by atoms with Gasteiger partial charge in [-0.15, -0.1) is 0 Å². The summed E-state index contributed by atoms with van der Waals surface area (Å²) < 4.78 is 5.18. The van der Waals surface area contributed by atoms with E-state index in [4.69, 9.17) is 4.74 Å². The topological polar surface area (TPSA) is 70.7 Å². The van der Waals surface area contributed by atoms with E-state index in [1.807, 2.05) is 54.6 Å². The summed E-state index contributed by atoms with van der Waals surface area (Å²) in [6, 6.07) is 16.9. The first-order valence-corrected chi connectivity index (χ1v) is 9.37. The fraction of sp³-hybridized carbons (Fsp3) is 0.273. The van der Waals surface area contributed by atoms with E-state index in [1.165, 1.54) is 6.08 Å². The lowest BCUT2D eigenvalue weighted by Crippen LogP contribution is -2.47. The number of nitrogens with one attached hydrogen (secondary N) is 2. The van der Waals surface area contributed by atoms with Crippen LogP contribution in [0.5, 0.6) is 5.75 Å². The van der Waals surface area contributed by atoms with Gasteiger partial charge in [0.2, 0.25) is 5.91 Å². The average molecular weight is 379 g/mol. The Morgan fingerprint density at radius 2 is 1.82 bits per heavy atom. The summed E-state index contributed by atoms with van der Waals surface area (Å²) in [5.74, 6) is 0.624. The molecular formula is C22H25N3O3. The first-order chi connectivity index (χ1) is 13.6. The Morgan fingerprint density at radius 3 is 2.54 bits per heavy atom. The molecule has 2 aromatic rings. The Balaban J connectivity index is 1.44. The van der Waals surface area contributed by atoms with E-state index in [0.29, 0.717) is 13.1 Å². The van der Waals surface area contributed by atoms with Gasteiger partial charge in [0, 0.05) is 30.9 Å². The van der Waals surface area contributed by atoms with E-state index < -0.39 is 0 Å². The summed E-state index contributed by atoms with van der Waals surface area (Å²) in [6.07, 6.45) is 4.77. The highest BCUT2D eigenvalue weighted by Crippen LogP contribution is 2.15. The lowest BCUT2D eigenvalue weighted by molar-refractivity contribution is -0.117. The molecule has 6 nitrogen and oxygen atoms in total. The first kappa shape index (κ1) is 19.5. The van der Waals surface area contributed by atoms with Gasteiger partial charge in [0.1, 0.15) is 5.75 Å². The monoisotopic (exact) mass is 379 g/mol. The molecule has 0 radical (unpaired) electrons. The molecule has 0 saturated carbocycles. The predicted molar refractivity (Wildman–Crippen MR) is 110 cm³/mol. The molecule has 0 unspecified atom stereocenters. The molecule has 1 fully saturated rings. The molecule has 1 aliphatic rings. The summed E-state index contributed by atoms with van der Waals surface area (Å²) in [4.78, 5) is 26.3. The number of para-hydroxylation sites is 1. The summed E-state index contributed by atoms with van der Waals surface area (Å²) in [5.41, 5.74) is 1.69. The summed E-state index contributed by atoms with van der Waals surface area (Å²) in [6.45, 7) is 1.23. The summed E-state index contributed by atoms with van der Waals surface area (Å²) >= 11 is 0. The zero-order valence-corrected chi connectivity index (χ0v) is 15.9. The van der Waals surface area contributed by atoms with E-state index in [9.17, 15) is 9.59 Å². The van der Waals surface area contributed by atoms with Gasteiger partial charge < -0.3 is 20.3 Å². The Labute approximate surface area is 165 Å². The number of hydrogen-bond donors (Lipinski definition) is 2. The number of rotatable bonds is 5. The highest BCUT2D eigenvalue weighted by molar-refractivity contribution is 5.92. The number of hydrogen-bond acceptors (Lipinski definition) is 3. The minimum absolute atomic E-state index is 0.0724. The fourth-order valence-corrected chi connectivity index (χ4v) is 3.12. The first-order valence-electron chi connectivity index (χ1n) is 9.37. The van der Waals surface area contributed by atoms with Gasteiger partial charge in [-0.3, -0.25) is 4.79 Å². The number of amides is 3. The van der Waals surface area contributed by atoms with Crippen molar-refractivity contribution in [1.29, 1.82) is 0 Å². The van der Waals surface area contributed by atoms with E-state index in [1.54, 1.807) is 18.1 Å². The number of ether oxygens (including phenoxy) is 1. The van der Waals surface area contributed by atoms with E-state index in [0.717, 1.165) is 29.8 Å². The van der Waals surface area contributed by atoms with Gasteiger partial charge >= 0.3 is 6.03 Å². The molecule has 3 rings (SSSR count). The van der Waals surface area contributed by atoms with Crippen molar-refractivity contribution >= 4 is 23.7 Å². The third-order valence-corrected chi connectivity index (χ3v) is 4.67. The van der Waals surface area contributed by atoms with Crippen molar-refractivity contribution in [3.8, 4) is 5.75 Å². The minimum atomic E-state index is -0.130. The number of carbonyl (C=O) groups is 2. The molecule has 2 N–H and O–H groups in total. The molecule has 1 saturated heterocycles. The number of anilines is 1. The Kier molecular flexibility index (Phi) is 6.68. The number of urea groups is 1. The standard InChI is InChI=1S/C22H25N3O3/c1-28-20-9-5-6-17(16-20)10-11-21(26)23-19-12-14-25(15-13-19)22(27)24-18-7-3-2-4-8-18/h2-11,16,19H,12-15H2,1H3,(H,23,26)(H,24,27)/b11-10+. The lowest BCUT2D eigenvalue weighted by Gasteiger charge is -2.32. The van der Waals surface area contributed by atoms with Gasteiger partial charge in [-0.25, -0.2) is 4.79 Å². The molecule has 0 aliphatic carbocycles. The van der Waals surface area contributed by atoms with Crippen LogP contribution < -0.4 is 15.4 Å². The van der Waals surface area contributed by atoms with Crippen molar-refractivity contribution in [1.82, 2.24) is 10.2 Å². The predicted octanol–water partition coefficient (Wildman–Crippen LogP) is 3.52. The normalized spacial score (nSPS) is 14.7. The number of methoxy groups -OCH3 is 1. The van der Waals surface area contributed by atoms with Crippen LogP contribution in [0.25, 0.3) is 6.08 Å². The third-order valence-electron chi connectivity index (χ3n) is 4.67. The summed E-state index contributed by atoms with van der Waals surface area (Å²) in [7, 11) is 1.61. The van der Waals surface area contributed by atoms with Gasteiger partial charge in [0.15, 0.2) is 0 Å². The van der Waals surface area contributed by atoms with Gasteiger partial charge in [0.05, 0.1) is 7.11 Å². The average Bonchev–Trinajstić information content (AvgIpc) is 2.73. The quantitative estimate of drug-likeness (QED) is 0.781. The van der Waals surface area contributed by atoms with Crippen LogP contribution in [0.4, 0.5) is 10.5 Å². The van der Waals surface area contributed by atoms with Gasteiger partial charge in [-0.1, -0.05) is 30.3 Å². The van der Waals surface area contributed by atoms with Crippen LogP contribution in [-0.2, 0) is 4.79 Å². The Morgan fingerprint density at radius 1 is 1.07 bits per heavy atom. The second-order valence-corrected chi connectivity index (χ2v) is 6.68. The zero-order valence-electron chi connectivity index (χ0n) is 15.9. The maximum Gasteiger partial charge on any atom is 0.321 e. The SMILES string of the molecule is COc1cccc(/C=C/C(=O)NC2CCN(C(=O)Nc3ccccc3)CC2)c1. The third kappa shape index (κ3) is 5.61. The Hall–Kier alpha value is -3.28. The molecular weight excluding hydrogens is 354 g/mol. The zero-order chi connectivity index (χ0) is 19.8. The van der Waals surface area contributed by atoms with Crippen LogP contribution in [0.15, 0.2) is 60.7 Å². The van der Waals surface area contributed by atoms with Crippen molar-refractivity contribution in [2.45, 2.75) is 18.9 Å². The van der Waals surface area contributed by atoms with Gasteiger partial charge in [-0.05, 0) is 48.7 Å². The van der Waals surface area contributed by atoms with Crippen molar-refractivity contribution < 1.29 is 14.3 Å². The smallest absolute Gasteiger partial charge is 0.321 e. The van der Waals surface area contributed by atoms with E-state index >= 15 is 0 Å². The van der Waals surface area contributed by atoms with Crippen LogP contribution in [0, 0.1) is 0 Å². The molecule has 2 aromatic carbocycles. The Bertz CT molecular complexity index is 828. The van der Waals surface area contributed by atoms with Crippen LogP contribution >= 0.6 is 0 Å². The van der Waals surface area contributed by atoms with E-state index in [2.05, 4.69) is 10.6 Å². The van der Waals surface area contributed by atoms with Gasteiger partial charge in [-0.2, -0.15) is 0 Å². The largest absolute Gasteiger partial charge is 0.497 e. The molecule has 1 heterocycles. The second-order valence-electron chi connectivity index (χ2n) is 6.68. The van der Waals surface area contributed by atoms with Gasteiger partial charge in [0.25, 0.3) is 0 Å². The molecule has 0 atom stereocenters. The minimum Gasteiger partial charge on any atom is -0.497 e. The second kappa shape index (κ2) is 9.60. The van der Waals surface area contributed by atoms with Crippen LogP contribution in [0.3, 0.4) is 0 Å². The van der Waals surface area contributed by atoms with Crippen molar-refractivity contribution in [3.63, 3.8) is 0 Å². The summed E-state index contributed by atoms with van der Waals surface area (Å²) in [5, 5.41) is 5.90. The van der Waals surface area contributed by atoms with Crippen molar-refractivity contribution in [3.05, 3.63) is 66.2 Å². The maximum absolute atomic E-state index is 12.3. The molecule has 146 valence electrons. The van der Waals surface area contributed by atoms with E-state index in [-0.39, 0.29) is 18.0 Å². The molecule has 0 spiro atoms.